The Labute approximate surface area is 251 Å². The minimum atomic E-state index is -5.51. The third-order valence-electron chi connectivity index (χ3n) is 7.58. The monoisotopic (exact) mass is 637 g/mol. The van der Waals surface area contributed by atoms with Gasteiger partial charge in [0.25, 0.3) is 5.91 Å². The summed E-state index contributed by atoms with van der Waals surface area (Å²) in [6.45, 7) is -0.640. The number of ether oxygens (including phenoxy) is 1. The van der Waals surface area contributed by atoms with E-state index >= 15 is 0 Å². The minimum Gasteiger partial charge on any atom is -0.489 e. The zero-order valence-corrected chi connectivity index (χ0v) is 23.3. The maximum absolute atomic E-state index is 14.6. The van der Waals surface area contributed by atoms with Crippen LogP contribution in [0.1, 0.15) is 41.4 Å². The number of nitrogens with zero attached hydrogens (tertiary/aromatic N) is 1. The number of carbonyl (C=O) groups excluding carboxylic acids is 3. The third-order valence-corrected chi connectivity index (χ3v) is 7.58. The van der Waals surface area contributed by atoms with Gasteiger partial charge in [-0.1, -0.05) is 0 Å². The molecule has 1 fully saturated rings. The molecule has 2 aromatic carbocycles. The molecule has 5 rings (SSSR count). The van der Waals surface area contributed by atoms with Crippen molar-refractivity contribution >= 4 is 23.5 Å². The van der Waals surface area contributed by atoms with E-state index in [1.165, 1.54) is 19.1 Å². The Kier molecular flexibility index (Phi) is 7.89. The minimum absolute atomic E-state index is 0.0734. The SMILES string of the molecule is C[C@]1(C(N)=O)COc2c1cc(C(O)(CNC(=O)c1cc(F)c(F)c(NC(=O)NC3CC3)c1)C(F)(F)F)nc2-c1ccc(F)cc1. The number of rotatable bonds is 8. The molecule has 0 saturated heterocycles. The van der Waals surface area contributed by atoms with Gasteiger partial charge in [-0.3, -0.25) is 9.59 Å². The van der Waals surface area contributed by atoms with Gasteiger partial charge in [0.05, 0.1) is 17.9 Å². The molecule has 3 aromatic rings. The van der Waals surface area contributed by atoms with Crippen LogP contribution in [0.25, 0.3) is 11.3 Å². The zero-order chi connectivity index (χ0) is 32.9. The summed E-state index contributed by atoms with van der Waals surface area (Å²) >= 11 is 0. The van der Waals surface area contributed by atoms with Crippen LogP contribution in [0.15, 0.2) is 42.5 Å². The number of anilines is 1. The molecule has 10 nitrogen and oxygen atoms in total. The fourth-order valence-corrected chi connectivity index (χ4v) is 4.63. The standard InChI is InChI=1S/C29H25F6N5O5/c1-27(25(36)42)12-45-23-17(27)10-20(40-22(23)13-2-4-15(30)5-3-13)28(44,29(33,34)35)11-37-24(41)14-8-18(31)21(32)19(9-14)39-26(43)38-16-6-7-16/h2-5,8-10,16,44H,6-7,11-12H2,1H3,(H2,36,42)(H,37,41)(H2,38,39,43)/t27-,28?/m0/s1. The first kappa shape index (κ1) is 31.6. The first-order chi connectivity index (χ1) is 21.0. The summed E-state index contributed by atoms with van der Waals surface area (Å²) in [6.07, 6.45) is -4.13. The van der Waals surface area contributed by atoms with E-state index in [0.29, 0.717) is 25.0 Å². The first-order valence-electron chi connectivity index (χ1n) is 13.4. The topological polar surface area (TPSA) is 156 Å². The van der Waals surface area contributed by atoms with E-state index in [9.17, 15) is 45.8 Å². The van der Waals surface area contributed by atoms with Gasteiger partial charge in [0.2, 0.25) is 11.5 Å². The van der Waals surface area contributed by atoms with Crippen molar-refractivity contribution in [2.24, 2.45) is 5.73 Å². The van der Waals surface area contributed by atoms with Crippen LogP contribution in [0, 0.1) is 17.5 Å². The molecule has 16 heteroatoms. The van der Waals surface area contributed by atoms with Crippen LogP contribution in [0.2, 0.25) is 0 Å². The van der Waals surface area contributed by atoms with Gasteiger partial charge in [0, 0.05) is 22.7 Å². The molecule has 2 aliphatic rings. The number of nitrogens with one attached hydrogen (secondary N) is 3. The van der Waals surface area contributed by atoms with Crippen LogP contribution in [0.4, 0.5) is 36.8 Å². The van der Waals surface area contributed by atoms with Crippen molar-refractivity contribution in [1.29, 1.82) is 0 Å². The van der Waals surface area contributed by atoms with Crippen molar-refractivity contribution in [2.75, 3.05) is 18.5 Å². The van der Waals surface area contributed by atoms with Crippen molar-refractivity contribution in [3.05, 3.63) is 76.7 Å². The number of pyridine rings is 1. The van der Waals surface area contributed by atoms with Gasteiger partial charge in [-0.25, -0.2) is 22.9 Å². The molecular formula is C29H25F6N5O5. The number of primary amides is 1. The number of carbonyl (C=O) groups is 3. The first-order valence-corrected chi connectivity index (χ1v) is 13.4. The molecular weight excluding hydrogens is 612 g/mol. The Morgan fingerprint density at radius 3 is 2.36 bits per heavy atom. The average Bonchev–Trinajstić information content (AvgIpc) is 3.72. The molecule has 0 spiro atoms. The second-order valence-electron chi connectivity index (χ2n) is 11.0. The van der Waals surface area contributed by atoms with Crippen molar-refractivity contribution in [2.45, 2.75) is 43.0 Å². The zero-order valence-electron chi connectivity index (χ0n) is 23.3. The highest BCUT2D eigenvalue weighted by Crippen LogP contribution is 2.47. The quantitative estimate of drug-likeness (QED) is 0.237. The second-order valence-corrected chi connectivity index (χ2v) is 11.0. The Morgan fingerprint density at radius 2 is 1.76 bits per heavy atom. The molecule has 6 N–H and O–H groups in total. The van der Waals surface area contributed by atoms with E-state index in [-0.39, 0.29) is 35.2 Å². The maximum atomic E-state index is 14.6. The third kappa shape index (κ3) is 5.96. The van der Waals surface area contributed by atoms with Gasteiger partial charge < -0.3 is 31.5 Å². The fraction of sp³-hybridized carbons (Fsp3) is 0.310. The molecule has 1 aliphatic carbocycles. The predicted octanol–water partition coefficient (Wildman–Crippen LogP) is 3.77. The Balaban J connectivity index is 1.51. The molecule has 0 radical (unpaired) electrons. The Morgan fingerprint density at radius 1 is 1.09 bits per heavy atom. The van der Waals surface area contributed by atoms with Gasteiger partial charge in [0.15, 0.2) is 11.6 Å². The molecule has 0 bridgehead atoms. The molecule has 1 unspecified atom stereocenters. The molecule has 1 aliphatic heterocycles. The van der Waals surface area contributed by atoms with Crippen LogP contribution >= 0.6 is 0 Å². The van der Waals surface area contributed by atoms with E-state index < -0.39 is 76.0 Å². The lowest BCUT2D eigenvalue weighted by Gasteiger charge is -2.31. The van der Waals surface area contributed by atoms with E-state index in [2.05, 4.69) is 10.3 Å². The highest BCUT2D eigenvalue weighted by molar-refractivity contribution is 5.97. The predicted molar refractivity (Wildman–Crippen MR) is 145 cm³/mol. The van der Waals surface area contributed by atoms with Crippen LogP contribution < -0.4 is 26.4 Å². The Hall–Kier alpha value is -4.86. The van der Waals surface area contributed by atoms with Crippen LogP contribution in [0.3, 0.4) is 0 Å². The average molecular weight is 638 g/mol. The number of fused-ring (bicyclic) bond motifs is 1. The second kappa shape index (κ2) is 11.3. The van der Waals surface area contributed by atoms with Crippen molar-refractivity contribution in [3.63, 3.8) is 0 Å². The lowest BCUT2D eigenvalue weighted by molar-refractivity contribution is -0.265. The number of amides is 4. The lowest BCUT2D eigenvalue weighted by atomic mass is 9.81. The number of nitrogens with two attached hydrogens (primary N) is 1. The Bertz CT molecular complexity index is 1700. The summed E-state index contributed by atoms with van der Waals surface area (Å²) in [5.74, 6) is -6.20. The summed E-state index contributed by atoms with van der Waals surface area (Å²) in [4.78, 5) is 41.2. The van der Waals surface area contributed by atoms with Crippen molar-refractivity contribution in [3.8, 4) is 17.0 Å². The molecule has 1 aromatic heterocycles. The van der Waals surface area contributed by atoms with Gasteiger partial charge in [0.1, 0.15) is 29.3 Å². The molecule has 4 amide bonds. The molecule has 238 valence electrons. The number of urea groups is 1. The summed E-state index contributed by atoms with van der Waals surface area (Å²) in [5, 5.41) is 17.5. The maximum Gasteiger partial charge on any atom is 0.424 e. The number of aromatic nitrogens is 1. The molecule has 2 atom stereocenters. The van der Waals surface area contributed by atoms with E-state index in [4.69, 9.17) is 10.5 Å². The number of aliphatic hydroxyl groups is 1. The number of hydrogen-bond donors (Lipinski definition) is 5. The number of halogens is 6. The molecule has 45 heavy (non-hydrogen) atoms. The lowest BCUT2D eigenvalue weighted by Crippen LogP contribution is -2.51. The number of hydrogen-bond acceptors (Lipinski definition) is 6. The summed E-state index contributed by atoms with van der Waals surface area (Å²) < 4.78 is 91.6. The fourth-order valence-electron chi connectivity index (χ4n) is 4.63. The largest absolute Gasteiger partial charge is 0.489 e. The molecule has 2 heterocycles. The van der Waals surface area contributed by atoms with Crippen molar-refractivity contribution < 1.29 is 50.6 Å². The smallest absolute Gasteiger partial charge is 0.424 e. The number of benzene rings is 2. The van der Waals surface area contributed by atoms with Crippen molar-refractivity contribution in [1.82, 2.24) is 15.6 Å². The summed E-state index contributed by atoms with van der Waals surface area (Å²) in [5.41, 5.74) is -2.88. The van der Waals surface area contributed by atoms with E-state index in [1.807, 2.05) is 10.6 Å². The van der Waals surface area contributed by atoms with Gasteiger partial charge in [-0.15, -0.1) is 0 Å². The van der Waals surface area contributed by atoms with Gasteiger partial charge >= 0.3 is 12.2 Å². The number of alkyl halides is 3. The molecule has 1 saturated carbocycles. The van der Waals surface area contributed by atoms with E-state index in [0.717, 1.165) is 18.2 Å². The van der Waals surface area contributed by atoms with E-state index in [1.54, 1.807) is 0 Å². The van der Waals surface area contributed by atoms with Crippen LogP contribution in [-0.4, -0.2) is 53.3 Å². The normalized spacial score (nSPS) is 18.8. The van der Waals surface area contributed by atoms with Crippen LogP contribution in [-0.2, 0) is 15.8 Å². The summed E-state index contributed by atoms with van der Waals surface area (Å²) in [7, 11) is 0. The highest BCUT2D eigenvalue weighted by atomic mass is 19.4. The highest BCUT2D eigenvalue weighted by Gasteiger charge is 2.57. The van der Waals surface area contributed by atoms with Crippen LogP contribution in [0.5, 0.6) is 5.75 Å². The summed E-state index contributed by atoms with van der Waals surface area (Å²) in [6, 6.07) is 5.26. The van der Waals surface area contributed by atoms with Gasteiger partial charge in [-0.2, -0.15) is 13.2 Å². The van der Waals surface area contributed by atoms with Gasteiger partial charge in [-0.05, 0) is 62.2 Å².